The fourth-order valence-electron chi connectivity index (χ4n) is 4.40. The number of rotatable bonds is 8. The topological polar surface area (TPSA) is 89.0 Å². The van der Waals surface area contributed by atoms with Crippen LogP contribution in [0.2, 0.25) is 5.02 Å². The molecule has 0 unspecified atom stereocenters. The number of carbonyl (C=O) groups is 1. The number of benzene rings is 1. The number of Topliss-reactive ketones (excluding diaryl/α,β-unsaturated/α-hetero) is 1. The quantitative estimate of drug-likeness (QED) is 0.504. The van der Waals surface area contributed by atoms with Crippen LogP contribution >= 0.6 is 11.6 Å². The second-order valence-corrected chi connectivity index (χ2v) is 11.0. The Morgan fingerprint density at radius 3 is 2.53 bits per heavy atom. The molecule has 184 valence electrons. The molecule has 0 amide bonds. The van der Waals surface area contributed by atoms with Crippen LogP contribution in [0.4, 0.5) is 5.82 Å². The molecular formula is C24H30ClN3O5S. The average Bonchev–Trinajstić information content (AvgIpc) is 2.88. The molecule has 0 saturated carbocycles. The van der Waals surface area contributed by atoms with Gasteiger partial charge in [0.15, 0.2) is 5.78 Å². The van der Waals surface area contributed by atoms with Crippen molar-refractivity contribution in [1.82, 2.24) is 9.29 Å². The Balaban J connectivity index is 1.29. The summed E-state index contributed by atoms with van der Waals surface area (Å²) < 4.78 is 38.3. The number of halogens is 1. The third kappa shape index (κ3) is 5.71. The van der Waals surface area contributed by atoms with Crippen LogP contribution < -0.4 is 9.64 Å². The monoisotopic (exact) mass is 507 g/mol. The van der Waals surface area contributed by atoms with Gasteiger partial charge in [-0.1, -0.05) is 11.6 Å². The number of piperidine rings is 1. The summed E-state index contributed by atoms with van der Waals surface area (Å²) in [4.78, 5) is 19.3. The lowest BCUT2D eigenvalue weighted by atomic mass is 9.91. The van der Waals surface area contributed by atoms with Gasteiger partial charge in [0.2, 0.25) is 10.0 Å². The lowest BCUT2D eigenvalue weighted by molar-refractivity contribution is 0.0967. The van der Waals surface area contributed by atoms with Crippen LogP contribution in [0, 0.1) is 5.92 Å². The molecule has 0 radical (unpaired) electrons. The van der Waals surface area contributed by atoms with E-state index in [9.17, 15) is 13.2 Å². The van der Waals surface area contributed by atoms with Gasteiger partial charge in [-0.15, -0.1) is 0 Å². The standard InChI is InChI=1S/C24H30ClN3O5S/c1-32-23-16-19(3-5-21(23)25)22(29)6-2-18-8-10-28(11-9-18)34(30,31)20-4-7-24(26-17-20)27-12-14-33-15-13-27/h3-5,7,16-18H,2,6,8-15H2,1H3. The molecular weight excluding hydrogens is 478 g/mol. The molecule has 2 saturated heterocycles. The highest BCUT2D eigenvalue weighted by molar-refractivity contribution is 7.89. The summed E-state index contributed by atoms with van der Waals surface area (Å²) in [6.45, 7) is 3.69. The normalized spacial score (nSPS) is 18.1. The van der Waals surface area contributed by atoms with Crippen LogP contribution in [0.5, 0.6) is 5.75 Å². The van der Waals surface area contributed by atoms with Gasteiger partial charge in [-0.05, 0) is 55.5 Å². The van der Waals surface area contributed by atoms with Crippen molar-refractivity contribution in [3.05, 3.63) is 47.1 Å². The number of carbonyl (C=O) groups excluding carboxylic acids is 1. The van der Waals surface area contributed by atoms with Crippen molar-refractivity contribution in [2.45, 2.75) is 30.6 Å². The van der Waals surface area contributed by atoms with E-state index in [1.807, 2.05) is 0 Å². The molecule has 2 aliphatic rings. The Bertz CT molecular complexity index is 1100. The van der Waals surface area contributed by atoms with E-state index in [-0.39, 0.29) is 10.7 Å². The van der Waals surface area contributed by atoms with E-state index >= 15 is 0 Å². The molecule has 0 N–H and O–H groups in total. The predicted molar refractivity (Wildman–Crippen MR) is 130 cm³/mol. The van der Waals surface area contributed by atoms with Crippen molar-refractivity contribution in [2.75, 3.05) is 51.4 Å². The molecule has 4 rings (SSSR count). The molecule has 2 aromatic rings. The molecule has 34 heavy (non-hydrogen) atoms. The third-order valence-electron chi connectivity index (χ3n) is 6.52. The van der Waals surface area contributed by atoms with Gasteiger partial charge in [0, 0.05) is 44.4 Å². The van der Waals surface area contributed by atoms with Crippen molar-refractivity contribution < 1.29 is 22.7 Å². The summed E-state index contributed by atoms with van der Waals surface area (Å²) in [5.41, 5.74) is 0.578. The first-order valence-corrected chi connectivity index (χ1v) is 13.4. The average molecular weight is 508 g/mol. The largest absolute Gasteiger partial charge is 0.495 e. The Morgan fingerprint density at radius 1 is 1.15 bits per heavy atom. The van der Waals surface area contributed by atoms with E-state index < -0.39 is 10.0 Å². The van der Waals surface area contributed by atoms with Gasteiger partial charge in [0.1, 0.15) is 16.5 Å². The van der Waals surface area contributed by atoms with E-state index in [4.69, 9.17) is 21.1 Å². The molecule has 8 nitrogen and oxygen atoms in total. The fraction of sp³-hybridized carbons (Fsp3) is 0.500. The maximum atomic E-state index is 13.1. The summed E-state index contributed by atoms with van der Waals surface area (Å²) in [6, 6.07) is 8.44. The van der Waals surface area contributed by atoms with Crippen LogP contribution in [0.15, 0.2) is 41.4 Å². The molecule has 0 bridgehead atoms. The van der Waals surface area contributed by atoms with Gasteiger partial charge < -0.3 is 14.4 Å². The Kier molecular flexibility index (Phi) is 8.08. The number of hydrogen-bond donors (Lipinski definition) is 0. The van der Waals surface area contributed by atoms with Crippen LogP contribution in [0.1, 0.15) is 36.0 Å². The SMILES string of the molecule is COc1cc(C(=O)CCC2CCN(S(=O)(=O)c3ccc(N4CCOCC4)nc3)CC2)ccc1Cl. The first kappa shape index (κ1) is 24.9. The van der Waals surface area contributed by atoms with Crippen molar-refractivity contribution in [3.63, 3.8) is 0 Å². The molecule has 0 aliphatic carbocycles. The van der Waals surface area contributed by atoms with Crippen molar-refractivity contribution >= 4 is 33.2 Å². The van der Waals surface area contributed by atoms with Gasteiger partial charge in [-0.25, -0.2) is 13.4 Å². The van der Waals surface area contributed by atoms with Gasteiger partial charge >= 0.3 is 0 Å². The molecule has 1 aromatic heterocycles. The number of anilines is 1. The second-order valence-electron chi connectivity index (χ2n) is 8.61. The van der Waals surface area contributed by atoms with E-state index in [0.29, 0.717) is 55.0 Å². The zero-order valence-electron chi connectivity index (χ0n) is 19.3. The lowest BCUT2D eigenvalue weighted by Crippen LogP contribution is -2.39. The van der Waals surface area contributed by atoms with Gasteiger partial charge in [0.25, 0.3) is 0 Å². The van der Waals surface area contributed by atoms with Crippen LogP contribution in [-0.4, -0.2) is 70.0 Å². The molecule has 3 heterocycles. The molecule has 10 heteroatoms. The zero-order valence-corrected chi connectivity index (χ0v) is 20.9. The molecule has 1 aromatic carbocycles. The minimum atomic E-state index is -3.58. The third-order valence-corrected chi connectivity index (χ3v) is 8.71. The number of ether oxygens (including phenoxy) is 2. The van der Waals surface area contributed by atoms with E-state index in [1.165, 1.54) is 17.6 Å². The number of nitrogens with zero attached hydrogens (tertiary/aromatic N) is 3. The second kappa shape index (κ2) is 11.0. The highest BCUT2D eigenvalue weighted by atomic mass is 35.5. The summed E-state index contributed by atoms with van der Waals surface area (Å²) in [6.07, 6.45) is 4.05. The van der Waals surface area contributed by atoms with Crippen LogP contribution in [-0.2, 0) is 14.8 Å². The number of aromatic nitrogens is 1. The first-order chi connectivity index (χ1) is 16.4. The van der Waals surface area contributed by atoms with E-state index in [2.05, 4.69) is 9.88 Å². The highest BCUT2D eigenvalue weighted by Crippen LogP contribution is 2.29. The number of sulfonamides is 1. The van der Waals surface area contributed by atoms with Crippen LogP contribution in [0.25, 0.3) is 0 Å². The van der Waals surface area contributed by atoms with Crippen molar-refractivity contribution in [3.8, 4) is 5.75 Å². The number of pyridine rings is 1. The molecule has 2 aliphatic heterocycles. The summed E-state index contributed by atoms with van der Waals surface area (Å²) in [5.74, 6) is 1.60. The van der Waals surface area contributed by atoms with Crippen molar-refractivity contribution in [1.29, 1.82) is 0 Å². The summed E-state index contributed by atoms with van der Waals surface area (Å²) in [7, 11) is -2.07. The van der Waals surface area contributed by atoms with E-state index in [1.54, 1.807) is 30.3 Å². The first-order valence-electron chi connectivity index (χ1n) is 11.5. The number of morpholine rings is 1. The smallest absolute Gasteiger partial charge is 0.244 e. The number of ketones is 1. The number of methoxy groups -OCH3 is 1. The predicted octanol–water partition coefficient (Wildman–Crippen LogP) is 3.64. The zero-order chi connectivity index (χ0) is 24.1. The summed E-state index contributed by atoms with van der Waals surface area (Å²) >= 11 is 6.04. The molecule has 0 atom stereocenters. The van der Waals surface area contributed by atoms with Gasteiger partial charge in [0.05, 0.1) is 25.3 Å². The minimum absolute atomic E-state index is 0.0384. The molecule has 2 fully saturated rings. The molecule has 0 spiro atoms. The minimum Gasteiger partial charge on any atom is -0.495 e. The van der Waals surface area contributed by atoms with Gasteiger partial charge in [-0.2, -0.15) is 4.31 Å². The lowest BCUT2D eigenvalue weighted by Gasteiger charge is -2.31. The number of hydrogen-bond acceptors (Lipinski definition) is 7. The Morgan fingerprint density at radius 2 is 1.88 bits per heavy atom. The van der Waals surface area contributed by atoms with Gasteiger partial charge in [-0.3, -0.25) is 4.79 Å². The Hall–Kier alpha value is -2.20. The summed E-state index contributed by atoms with van der Waals surface area (Å²) in [5, 5.41) is 0.471. The Labute approximate surface area is 205 Å². The van der Waals surface area contributed by atoms with E-state index in [0.717, 1.165) is 38.2 Å². The van der Waals surface area contributed by atoms with Crippen LogP contribution in [0.3, 0.4) is 0 Å². The maximum absolute atomic E-state index is 13.1. The fourth-order valence-corrected chi connectivity index (χ4v) is 6.02. The maximum Gasteiger partial charge on any atom is 0.244 e. The van der Waals surface area contributed by atoms with Crippen molar-refractivity contribution in [2.24, 2.45) is 5.92 Å². The highest BCUT2D eigenvalue weighted by Gasteiger charge is 2.30.